The number of aliphatic hydroxyl groups is 1. The van der Waals surface area contributed by atoms with Gasteiger partial charge in [0, 0.05) is 36.2 Å². The summed E-state index contributed by atoms with van der Waals surface area (Å²) in [6.07, 6.45) is 0.563. The van der Waals surface area contributed by atoms with Crippen LogP contribution in [0.1, 0.15) is 24.5 Å². The SMILES string of the molecule is CCOc1ccc2[nH]c(=O)c(CN(CCCO)C(=S)NCc3ccccc3)cc2c1. The van der Waals surface area contributed by atoms with Crippen molar-refractivity contribution < 1.29 is 9.84 Å². The number of benzene rings is 2. The number of rotatable bonds is 9. The summed E-state index contributed by atoms with van der Waals surface area (Å²) in [6.45, 7) is 4.08. The summed E-state index contributed by atoms with van der Waals surface area (Å²) in [4.78, 5) is 17.5. The van der Waals surface area contributed by atoms with Crippen LogP contribution in [0.4, 0.5) is 0 Å². The van der Waals surface area contributed by atoms with Gasteiger partial charge in [0.15, 0.2) is 5.11 Å². The minimum atomic E-state index is -0.147. The van der Waals surface area contributed by atoms with Gasteiger partial charge in [-0.3, -0.25) is 4.79 Å². The lowest BCUT2D eigenvalue weighted by Gasteiger charge is -2.25. The second kappa shape index (κ2) is 10.8. The van der Waals surface area contributed by atoms with Gasteiger partial charge in [-0.05, 0) is 55.4 Å². The molecule has 3 rings (SSSR count). The molecule has 0 fully saturated rings. The van der Waals surface area contributed by atoms with Crippen LogP contribution < -0.4 is 15.6 Å². The highest BCUT2D eigenvalue weighted by atomic mass is 32.1. The number of ether oxygens (including phenoxy) is 1. The first-order chi connectivity index (χ1) is 14.6. The van der Waals surface area contributed by atoms with Crippen molar-refractivity contribution in [2.24, 2.45) is 0 Å². The number of nitrogens with one attached hydrogen (secondary N) is 2. The number of nitrogens with zero attached hydrogens (tertiary/aromatic N) is 1. The number of pyridine rings is 1. The summed E-state index contributed by atoms with van der Waals surface area (Å²) in [6, 6.07) is 17.5. The van der Waals surface area contributed by atoms with Gasteiger partial charge < -0.3 is 25.0 Å². The molecular weight excluding hydrogens is 398 g/mol. The lowest BCUT2D eigenvalue weighted by atomic mass is 10.1. The molecule has 3 aromatic rings. The maximum absolute atomic E-state index is 12.6. The topological polar surface area (TPSA) is 77.6 Å². The first kappa shape index (κ1) is 21.8. The van der Waals surface area contributed by atoms with Crippen LogP contribution in [-0.2, 0) is 13.1 Å². The molecule has 0 aliphatic heterocycles. The molecule has 0 aliphatic carbocycles. The van der Waals surface area contributed by atoms with E-state index in [2.05, 4.69) is 10.3 Å². The number of fused-ring (bicyclic) bond motifs is 1. The van der Waals surface area contributed by atoms with Crippen molar-refractivity contribution in [1.29, 1.82) is 0 Å². The van der Waals surface area contributed by atoms with Crippen LogP contribution in [0.3, 0.4) is 0 Å². The molecule has 0 radical (unpaired) electrons. The molecule has 1 heterocycles. The first-order valence-electron chi connectivity index (χ1n) is 10.1. The van der Waals surface area contributed by atoms with Crippen molar-refractivity contribution >= 4 is 28.2 Å². The van der Waals surface area contributed by atoms with Crippen LogP contribution >= 0.6 is 12.2 Å². The van der Waals surface area contributed by atoms with Crippen molar-refractivity contribution in [1.82, 2.24) is 15.2 Å². The summed E-state index contributed by atoms with van der Waals surface area (Å²) in [5.74, 6) is 0.764. The Morgan fingerprint density at radius 2 is 2.00 bits per heavy atom. The van der Waals surface area contributed by atoms with E-state index in [4.69, 9.17) is 17.0 Å². The fraction of sp³-hybridized carbons (Fsp3) is 0.304. The quantitative estimate of drug-likeness (QED) is 0.457. The molecule has 0 aliphatic rings. The third-order valence-electron chi connectivity index (χ3n) is 4.72. The second-order valence-corrected chi connectivity index (χ2v) is 7.34. The highest BCUT2D eigenvalue weighted by Gasteiger charge is 2.13. The van der Waals surface area contributed by atoms with Crippen LogP contribution in [0.25, 0.3) is 10.9 Å². The number of aromatic amines is 1. The molecule has 6 nitrogen and oxygen atoms in total. The lowest BCUT2D eigenvalue weighted by molar-refractivity contribution is 0.264. The molecule has 1 aromatic heterocycles. The highest BCUT2D eigenvalue weighted by Crippen LogP contribution is 2.19. The van der Waals surface area contributed by atoms with E-state index < -0.39 is 0 Å². The van der Waals surface area contributed by atoms with E-state index in [0.29, 0.717) is 43.3 Å². The van der Waals surface area contributed by atoms with Gasteiger partial charge in [0.05, 0.1) is 13.2 Å². The first-order valence-corrected chi connectivity index (χ1v) is 10.5. The number of aromatic nitrogens is 1. The zero-order chi connectivity index (χ0) is 21.3. The fourth-order valence-corrected chi connectivity index (χ4v) is 3.44. The van der Waals surface area contributed by atoms with Crippen LogP contribution in [0.15, 0.2) is 59.4 Å². The minimum absolute atomic E-state index is 0.0591. The average molecular weight is 426 g/mol. The Bertz CT molecular complexity index is 1040. The van der Waals surface area contributed by atoms with Crippen molar-refractivity contribution in [2.45, 2.75) is 26.4 Å². The Balaban J connectivity index is 1.78. The Morgan fingerprint density at radius 3 is 2.73 bits per heavy atom. The lowest BCUT2D eigenvalue weighted by Crippen LogP contribution is -2.40. The Morgan fingerprint density at radius 1 is 1.20 bits per heavy atom. The van der Waals surface area contributed by atoms with Gasteiger partial charge in [0.1, 0.15) is 5.75 Å². The number of thiocarbonyl (C=S) groups is 1. The summed E-state index contributed by atoms with van der Waals surface area (Å²) < 4.78 is 5.57. The number of hydrogen-bond acceptors (Lipinski definition) is 4. The largest absolute Gasteiger partial charge is 0.494 e. The molecule has 0 unspecified atom stereocenters. The minimum Gasteiger partial charge on any atom is -0.494 e. The van der Waals surface area contributed by atoms with Gasteiger partial charge in [-0.2, -0.15) is 0 Å². The standard InChI is InChI=1S/C23H27N3O3S/c1-2-29-20-9-10-21-18(14-20)13-19(22(28)25-21)16-26(11-6-12-27)23(30)24-15-17-7-4-3-5-8-17/h3-5,7-10,13-14,27H,2,6,11-12,15-16H2,1H3,(H,24,30)(H,25,28). The summed E-state index contributed by atoms with van der Waals surface area (Å²) in [5.41, 5.74) is 2.34. The highest BCUT2D eigenvalue weighted by molar-refractivity contribution is 7.80. The zero-order valence-electron chi connectivity index (χ0n) is 17.1. The second-order valence-electron chi connectivity index (χ2n) is 6.95. The molecule has 0 atom stereocenters. The van der Waals surface area contributed by atoms with E-state index >= 15 is 0 Å². The van der Waals surface area contributed by atoms with Crippen LogP contribution in [0.2, 0.25) is 0 Å². The van der Waals surface area contributed by atoms with Crippen molar-refractivity contribution in [3.05, 3.63) is 76.1 Å². The molecule has 3 N–H and O–H groups in total. The Labute approximate surface area is 181 Å². The van der Waals surface area contributed by atoms with Crippen LogP contribution in [0.5, 0.6) is 5.75 Å². The third kappa shape index (κ3) is 5.81. The normalized spacial score (nSPS) is 10.7. The fourth-order valence-electron chi connectivity index (χ4n) is 3.21. The van der Waals surface area contributed by atoms with Crippen molar-refractivity contribution in [3.8, 4) is 5.75 Å². The van der Waals surface area contributed by atoms with Crippen molar-refractivity contribution in [3.63, 3.8) is 0 Å². The molecule has 0 amide bonds. The van der Waals surface area contributed by atoms with Gasteiger partial charge >= 0.3 is 0 Å². The summed E-state index contributed by atoms with van der Waals surface area (Å²) >= 11 is 5.58. The van der Waals surface area contributed by atoms with Gasteiger partial charge in [-0.15, -0.1) is 0 Å². The molecule has 30 heavy (non-hydrogen) atoms. The zero-order valence-corrected chi connectivity index (χ0v) is 17.9. The molecule has 0 saturated heterocycles. The molecule has 158 valence electrons. The summed E-state index contributed by atoms with van der Waals surface area (Å²) in [5, 5.41) is 14.0. The Kier molecular flexibility index (Phi) is 7.82. The van der Waals surface area contributed by atoms with Crippen LogP contribution in [0, 0.1) is 0 Å². The molecular formula is C23H27N3O3S. The number of H-pyrrole nitrogens is 1. The van der Waals surface area contributed by atoms with E-state index in [9.17, 15) is 9.90 Å². The van der Waals surface area contributed by atoms with Gasteiger partial charge in [-0.1, -0.05) is 30.3 Å². The van der Waals surface area contributed by atoms with E-state index in [1.54, 1.807) is 0 Å². The third-order valence-corrected chi connectivity index (χ3v) is 5.13. The predicted molar refractivity (Wildman–Crippen MR) is 124 cm³/mol. The summed E-state index contributed by atoms with van der Waals surface area (Å²) in [7, 11) is 0. The monoisotopic (exact) mass is 425 g/mol. The average Bonchev–Trinajstić information content (AvgIpc) is 2.76. The van der Waals surface area contributed by atoms with Gasteiger partial charge in [0.2, 0.25) is 0 Å². The molecule has 7 heteroatoms. The molecule has 0 saturated carbocycles. The molecule has 0 bridgehead atoms. The number of hydrogen-bond donors (Lipinski definition) is 3. The predicted octanol–water partition coefficient (Wildman–Crippen LogP) is 3.19. The van der Waals surface area contributed by atoms with Gasteiger partial charge in [0.25, 0.3) is 5.56 Å². The molecule has 0 spiro atoms. The number of aliphatic hydroxyl groups excluding tert-OH is 1. The van der Waals surface area contributed by atoms with Gasteiger partial charge in [-0.25, -0.2) is 0 Å². The maximum Gasteiger partial charge on any atom is 0.253 e. The van der Waals surface area contributed by atoms with Crippen molar-refractivity contribution in [2.75, 3.05) is 19.8 Å². The Hall–Kier alpha value is -2.90. The maximum atomic E-state index is 12.6. The van der Waals surface area contributed by atoms with E-state index in [-0.39, 0.29) is 12.2 Å². The smallest absolute Gasteiger partial charge is 0.253 e. The van der Waals surface area contributed by atoms with Crippen LogP contribution in [-0.4, -0.2) is 39.9 Å². The van der Waals surface area contributed by atoms with E-state index in [1.165, 1.54) is 0 Å². The van der Waals surface area contributed by atoms with E-state index in [0.717, 1.165) is 22.2 Å². The molecule has 2 aromatic carbocycles. The van der Waals surface area contributed by atoms with E-state index in [1.807, 2.05) is 66.4 Å².